The van der Waals surface area contributed by atoms with Gasteiger partial charge >= 0.3 is 0 Å². The molecule has 0 amide bonds. The fourth-order valence-corrected chi connectivity index (χ4v) is 5.36. The Bertz CT molecular complexity index is 451. The van der Waals surface area contributed by atoms with Crippen LogP contribution in [-0.4, -0.2) is 45.6 Å². The Kier molecular flexibility index (Phi) is 5.48. The Hall–Kier alpha value is -0.240. The Balaban J connectivity index is 1.51. The van der Waals surface area contributed by atoms with Crippen LogP contribution < -0.4 is 5.32 Å². The maximum Gasteiger partial charge on any atom is 0.252 e. The molecule has 3 atom stereocenters. The first-order valence-electron chi connectivity index (χ1n) is 7.64. The minimum atomic E-state index is 0.321. The van der Waals surface area contributed by atoms with Crippen molar-refractivity contribution in [1.82, 2.24) is 15.5 Å². The van der Waals surface area contributed by atoms with E-state index in [1.165, 1.54) is 0 Å². The Morgan fingerprint density at radius 2 is 2.10 bits per heavy atom. The van der Waals surface area contributed by atoms with E-state index in [9.17, 15) is 0 Å². The van der Waals surface area contributed by atoms with Gasteiger partial charge in [0.25, 0.3) is 5.89 Å². The molecule has 0 radical (unpaired) electrons. The van der Waals surface area contributed by atoms with E-state index in [0.29, 0.717) is 34.4 Å². The average Bonchev–Trinajstić information content (AvgIpc) is 2.98. The van der Waals surface area contributed by atoms with Crippen LogP contribution in [0, 0.1) is 0 Å². The van der Waals surface area contributed by atoms with Crippen molar-refractivity contribution in [3.05, 3.63) is 11.7 Å². The van der Waals surface area contributed by atoms with Crippen LogP contribution in [-0.2, 0) is 11.3 Å². The van der Waals surface area contributed by atoms with Gasteiger partial charge in [-0.15, -0.1) is 11.8 Å². The number of nitrogens with zero attached hydrogens (tertiary/aromatic N) is 2. The molecule has 2 fully saturated rings. The summed E-state index contributed by atoms with van der Waals surface area (Å²) in [5.74, 6) is 2.50. The van der Waals surface area contributed by atoms with Crippen LogP contribution in [0.3, 0.4) is 0 Å². The first-order valence-corrected chi connectivity index (χ1v) is 9.63. The van der Waals surface area contributed by atoms with Gasteiger partial charge in [0.2, 0.25) is 0 Å². The smallest absolute Gasteiger partial charge is 0.252 e. The third-order valence-electron chi connectivity index (χ3n) is 4.05. The molecule has 5 nitrogen and oxygen atoms in total. The van der Waals surface area contributed by atoms with Gasteiger partial charge in [0, 0.05) is 16.3 Å². The van der Waals surface area contributed by atoms with Crippen molar-refractivity contribution in [2.24, 2.45) is 0 Å². The lowest BCUT2D eigenvalue weighted by Crippen LogP contribution is -2.32. The molecule has 0 aromatic carbocycles. The van der Waals surface area contributed by atoms with Crippen molar-refractivity contribution in [1.29, 1.82) is 0 Å². The lowest BCUT2D eigenvalue weighted by molar-refractivity contribution is 0.00859. The zero-order chi connectivity index (χ0) is 14.7. The average molecular weight is 329 g/mol. The molecule has 0 aliphatic carbocycles. The van der Waals surface area contributed by atoms with Crippen LogP contribution in [0.2, 0.25) is 0 Å². The number of nitrogens with one attached hydrogen (secondary N) is 1. The summed E-state index contributed by atoms with van der Waals surface area (Å²) < 4.78 is 11.2. The molecule has 1 aromatic rings. The van der Waals surface area contributed by atoms with Crippen molar-refractivity contribution in [3.63, 3.8) is 0 Å². The van der Waals surface area contributed by atoms with Crippen molar-refractivity contribution in [3.8, 4) is 0 Å². The van der Waals surface area contributed by atoms with E-state index in [0.717, 1.165) is 37.5 Å². The lowest BCUT2D eigenvalue weighted by atomic mass is 10.1. The molecule has 1 aromatic heterocycles. The monoisotopic (exact) mass is 329 g/mol. The molecular weight excluding hydrogens is 306 g/mol. The van der Waals surface area contributed by atoms with E-state index in [4.69, 9.17) is 9.26 Å². The number of rotatable bonds is 4. The SMILES string of the molecule is CC1SCC(c2noc(COC3CCNCC3)n2)SC1C. The lowest BCUT2D eigenvalue weighted by Gasteiger charge is -2.29. The summed E-state index contributed by atoms with van der Waals surface area (Å²) in [6.07, 6.45) is 2.44. The van der Waals surface area contributed by atoms with Gasteiger partial charge in [-0.1, -0.05) is 19.0 Å². The molecule has 3 rings (SSSR count). The number of ether oxygens (including phenoxy) is 1. The van der Waals surface area contributed by atoms with Gasteiger partial charge < -0.3 is 14.6 Å². The van der Waals surface area contributed by atoms with Crippen molar-refractivity contribution >= 4 is 23.5 Å². The molecule has 0 saturated carbocycles. The second-order valence-corrected chi connectivity index (χ2v) is 8.67. The molecule has 3 heterocycles. The molecule has 7 heteroatoms. The Labute approximate surface area is 134 Å². The first-order chi connectivity index (χ1) is 10.2. The summed E-state index contributed by atoms with van der Waals surface area (Å²) in [7, 11) is 0. The molecule has 1 N–H and O–H groups in total. The summed E-state index contributed by atoms with van der Waals surface area (Å²) in [6, 6.07) is 0. The van der Waals surface area contributed by atoms with E-state index >= 15 is 0 Å². The van der Waals surface area contributed by atoms with Crippen LogP contribution in [0.1, 0.15) is 43.7 Å². The van der Waals surface area contributed by atoms with E-state index in [2.05, 4.69) is 29.3 Å². The summed E-state index contributed by atoms with van der Waals surface area (Å²) >= 11 is 3.95. The predicted molar refractivity (Wildman–Crippen MR) is 86.7 cm³/mol. The molecule has 3 unspecified atom stereocenters. The second kappa shape index (κ2) is 7.35. The Morgan fingerprint density at radius 1 is 1.29 bits per heavy atom. The maximum absolute atomic E-state index is 5.86. The number of hydrogen-bond acceptors (Lipinski definition) is 7. The standard InChI is InChI=1S/C14H23N3O2S2/c1-9-10(2)21-12(8-20-9)14-16-13(19-17-14)7-18-11-3-5-15-6-4-11/h9-12,15H,3-8H2,1-2H3. The largest absolute Gasteiger partial charge is 0.368 e. The molecule has 0 spiro atoms. The summed E-state index contributed by atoms with van der Waals surface area (Å²) in [5.41, 5.74) is 0. The molecule has 118 valence electrons. The number of piperidine rings is 1. The van der Waals surface area contributed by atoms with Crippen molar-refractivity contribution in [2.45, 2.75) is 55.1 Å². The highest BCUT2D eigenvalue weighted by Crippen LogP contribution is 2.43. The Morgan fingerprint density at radius 3 is 2.86 bits per heavy atom. The van der Waals surface area contributed by atoms with E-state index < -0.39 is 0 Å². The molecule has 2 aliphatic heterocycles. The fraction of sp³-hybridized carbons (Fsp3) is 0.857. The van der Waals surface area contributed by atoms with Gasteiger partial charge in [0.15, 0.2) is 5.82 Å². The number of thioether (sulfide) groups is 2. The van der Waals surface area contributed by atoms with Gasteiger partial charge in [0.1, 0.15) is 6.61 Å². The van der Waals surface area contributed by atoms with E-state index in [1.54, 1.807) is 0 Å². The van der Waals surface area contributed by atoms with Gasteiger partial charge in [-0.25, -0.2) is 0 Å². The number of hydrogen-bond donors (Lipinski definition) is 1. The normalized spacial score (nSPS) is 31.4. The maximum atomic E-state index is 5.86. The molecule has 21 heavy (non-hydrogen) atoms. The van der Waals surface area contributed by atoms with Gasteiger partial charge in [-0.3, -0.25) is 0 Å². The van der Waals surface area contributed by atoms with Crippen molar-refractivity contribution in [2.75, 3.05) is 18.8 Å². The number of aromatic nitrogens is 2. The summed E-state index contributed by atoms with van der Waals surface area (Å²) in [6.45, 7) is 7.06. The van der Waals surface area contributed by atoms with Gasteiger partial charge in [-0.2, -0.15) is 16.7 Å². The topological polar surface area (TPSA) is 60.2 Å². The minimum Gasteiger partial charge on any atom is -0.368 e. The third-order valence-corrected chi connectivity index (χ3v) is 7.44. The molecular formula is C14H23N3O2S2. The highest BCUT2D eigenvalue weighted by Gasteiger charge is 2.30. The fourth-order valence-electron chi connectivity index (χ4n) is 2.53. The van der Waals surface area contributed by atoms with Gasteiger partial charge in [-0.05, 0) is 25.9 Å². The first kappa shape index (κ1) is 15.6. The highest BCUT2D eigenvalue weighted by molar-refractivity contribution is 8.07. The van der Waals surface area contributed by atoms with Crippen LogP contribution in [0.5, 0.6) is 0 Å². The molecule has 0 bridgehead atoms. The predicted octanol–water partition coefficient (Wildman–Crippen LogP) is 2.64. The van der Waals surface area contributed by atoms with Crippen LogP contribution >= 0.6 is 23.5 Å². The summed E-state index contributed by atoms with van der Waals surface area (Å²) in [5, 5.41) is 9.15. The third kappa shape index (κ3) is 4.15. The highest BCUT2D eigenvalue weighted by atomic mass is 32.2. The van der Waals surface area contributed by atoms with E-state index in [-0.39, 0.29) is 0 Å². The molecule has 2 saturated heterocycles. The minimum absolute atomic E-state index is 0.321. The second-order valence-electron chi connectivity index (χ2n) is 5.67. The van der Waals surface area contributed by atoms with Crippen LogP contribution in [0.4, 0.5) is 0 Å². The quantitative estimate of drug-likeness (QED) is 0.911. The van der Waals surface area contributed by atoms with Crippen LogP contribution in [0.25, 0.3) is 0 Å². The zero-order valence-corrected chi connectivity index (χ0v) is 14.2. The van der Waals surface area contributed by atoms with Crippen molar-refractivity contribution < 1.29 is 9.26 Å². The summed E-state index contributed by atoms with van der Waals surface area (Å²) in [4.78, 5) is 4.53. The zero-order valence-electron chi connectivity index (χ0n) is 12.6. The van der Waals surface area contributed by atoms with E-state index in [1.807, 2.05) is 23.5 Å². The van der Waals surface area contributed by atoms with Crippen LogP contribution in [0.15, 0.2) is 4.52 Å². The molecule has 2 aliphatic rings. The van der Waals surface area contributed by atoms with Gasteiger partial charge in [0.05, 0.1) is 11.4 Å².